The van der Waals surface area contributed by atoms with Gasteiger partial charge in [-0.1, -0.05) is 0 Å². The molecule has 2 aromatic heterocycles. The summed E-state index contributed by atoms with van der Waals surface area (Å²) in [5.74, 6) is 0.899. The Morgan fingerprint density at radius 3 is 2.74 bits per heavy atom. The first-order valence-corrected chi connectivity index (χ1v) is 5.86. The van der Waals surface area contributed by atoms with Crippen LogP contribution in [0.3, 0.4) is 0 Å². The van der Waals surface area contributed by atoms with Gasteiger partial charge in [0.25, 0.3) is 0 Å². The molecule has 0 unspecified atom stereocenters. The van der Waals surface area contributed by atoms with Gasteiger partial charge in [-0.2, -0.15) is 0 Å². The number of hydrogen-bond acceptors (Lipinski definition) is 4. The molecular formula is C14H13N3O2. The summed E-state index contributed by atoms with van der Waals surface area (Å²) in [6.45, 7) is 0.353. The Kier molecular flexibility index (Phi) is 2.72. The van der Waals surface area contributed by atoms with Crippen LogP contribution in [-0.2, 0) is 6.61 Å². The highest BCUT2D eigenvalue weighted by atomic mass is 16.5. The van der Waals surface area contributed by atoms with E-state index in [2.05, 4.69) is 4.98 Å². The van der Waals surface area contributed by atoms with Crippen molar-refractivity contribution < 1.29 is 9.84 Å². The van der Waals surface area contributed by atoms with Crippen molar-refractivity contribution in [2.75, 3.05) is 5.73 Å². The molecule has 0 aliphatic rings. The van der Waals surface area contributed by atoms with Crippen LogP contribution in [-0.4, -0.2) is 14.5 Å². The number of nitrogens with two attached hydrogens (primary N) is 1. The fourth-order valence-electron chi connectivity index (χ4n) is 1.85. The van der Waals surface area contributed by atoms with Gasteiger partial charge in [0.2, 0.25) is 0 Å². The number of benzene rings is 1. The van der Waals surface area contributed by atoms with E-state index in [0.717, 1.165) is 11.3 Å². The summed E-state index contributed by atoms with van der Waals surface area (Å²) >= 11 is 0. The van der Waals surface area contributed by atoms with Gasteiger partial charge in [0, 0.05) is 12.4 Å². The Balaban J connectivity index is 1.78. The first-order valence-electron chi connectivity index (χ1n) is 5.86. The highest BCUT2D eigenvalue weighted by Gasteiger charge is 2.04. The van der Waals surface area contributed by atoms with E-state index in [1.54, 1.807) is 24.3 Å². The minimum absolute atomic E-state index is 0.216. The van der Waals surface area contributed by atoms with Gasteiger partial charge >= 0.3 is 0 Å². The Bertz CT molecular complexity index is 704. The van der Waals surface area contributed by atoms with E-state index in [0.29, 0.717) is 18.0 Å². The lowest BCUT2D eigenvalue weighted by Gasteiger charge is -2.03. The van der Waals surface area contributed by atoms with Gasteiger partial charge < -0.3 is 20.0 Å². The molecule has 19 heavy (non-hydrogen) atoms. The number of ether oxygens (including phenoxy) is 1. The average Bonchev–Trinajstić information content (AvgIpc) is 2.83. The summed E-state index contributed by atoms with van der Waals surface area (Å²) in [7, 11) is 0. The quantitative estimate of drug-likeness (QED) is 0.752. The molecule has 0 amide bonds. The third-order valence-electron chi connectivity index (χ3n) is 2.79. The summed E-state index contributed by atoms with van der Waals surface area (Å²) in [6, 6.07) is 10.3. The van der Waals surface area contributed by atoms with Crippen LogP contribution in [0.4, 0.5) is 5.69 Å². The van der Waals surface area contributed by atoms with Crippen molar-refractivity contribution in [3.05, 3.63) is 54.5 Å². The Morgan fingerprint density at radius 2 is 2.00 bits per heavy atom. The molecule has 2 heterocycles. The number of hydrogen-bond donors (Lipinski definition) is 2. The highest BCUT2D eigenvalue weighted by Crippen LogP contribution is 2.18. The molecule has 96 valence electrons. The van der Waals surface area contributed by atoms with Crippen LogP contribution < -0.4 is 10.5 Å². The third kappa shape index (κ3) is 2.30. The topological polar surface area (TPSA) is 72.8 Å². The number of aromatic nitrogens is 2. The van der Waals surface area contributed by atoms with Gasteiger partial charge in [-0.3, -0.25) is 0 Å². The van der Waals surface area contributed by atoms with Gasteiger partial charge in [0.05, 0.1) is 11.4 Å². The molecule has 0 atom stereocenters. The van der Waals surface area contributed by atoms with Crippen LogP contribution in [0.1, 0.15) is 5.69 Å². The summed E-state index contributed by atoms with van der Waals surface area (Å²) in [4.78, 5) is 4.41. The number of imidazole rings is 1. The van der Waals surface area contributed by atoms with Gasteiger partial charge in [0.15, 0.2) is 5.65 Å². The summed E-state index contributed by atoms with van der Waals surface area (Å²) in [5, 5.41) is 9.18. The molecular weight excluding hydrogens is 242 g/mol. The zero-order valence-electron chi connectivity index (χ0n) is 10.2. The molecule has 0 saturated heterocycles. The lowest BCUT2D eigenvalue weighted by molar-refractivity contribution is 0.301. The van der Waals surface area contributed by atoms with E-state index in [4.69, 9.17) is 10.5 Å². The molecule has 5 nitrogen and oxygen atoms in total. The molecule has 3 N–H and O–H groups in total. The van der Waals surface area contributed by atoms with Gasteiger partial charge in [0.1, 0.15) is 18.1 Å². The van der Waals surface area contributed by atoms with Crippen LogP contribution in [0.25, 0.3) is 5.65 Å². The number of pyridine rings is 1. The number of phenolic OH excluding ortho intramolecular Hbond substituents is 1. The predicted molar refractivity (Wildman–Crippen MR) is 72.0 cm³/mol. The molecule has 5 heteroatoms. The minimum atomic E-state index is 0.216. The second-order valence-corrected chi connectivity index (χ2v) is 4.21. The predicted octanol–water partition coefficient (Wildman–Crippen LogP) is 2.20. The van der Waals surface area contributed by atoms with Crippen LogP contribution in [0.15, 0.2) is 48.8 Å². The summed E-state index contributed by atoms with van der Waals surface area (Å²) in [6.07, 6.45) is 3.77. The molecule has 3 aromatic rings. The van der Waals surface area contributed by atoms with Crippen molar-refractivity contribution in [1.82, 2.24) is 9.38 Å². The molecule has 0 aliphatic heterocycles. The number of fused-ring (bicyclic) bond motifs is 1. The number of nitrogens with zero attached hydrogens (tertiary/aromatic N) is 2. The maximum Gasteiger partial charge on any atom is 0.160 e. The molecule has 0 radical (unpaired) electrons. The number of aromatic hydroxyl groups is 1. The lowest BCUT2D eigenvalue weighted by atomic mass is 10.3. The first-order chi connectivity index (χ1) is 9.22. The molecule has 0 fully saturated rings. The molecule has 0 aliphatic carbocycles. The Hall–Kier alpha value is -2.69. The summed E-state index contributed by atoms with van der Waals surface area (Å²) in [5.41, 5.74) is 8.00. The maximum absolute atomic E-state index is 9.18. The van der Waals surface area contributed by atoms with E-state index in [1.807, 2.05) is 28.9 Å². The van der Waals surface area contributed by atoms with Gasteiger partial charge in [-0.25, -0.2) is 4.98 Å². The van der Waals surface area contributed by atoms with Crippen molar-refractivity contribution in [3.63, 3.8) is 0 Å². The SMILES string of the molecule is Nc1cccn2cc(COc3ccc(O)cc3)nc12. The molecule has 0 saturated carbocycles. The van der Waals surface area contributed by atoms with Crippen molar-refractivity contribution >= 4 is 11.3 Å². The lowest BCUT2D eigenvalue weighted by Crippen LogP contribution is -1.95. The fraction of sp³-hybridized carbons (Fsp3) is 0.0714. The zero-order valence-corrected chi connectivity index (χ0v) is 10.2. The molecule has 0 spiro atoms. The number of phenols is 1. The standard InChI is InChI=1S/C14H13N3O2/c15-13-2-1-7-17-8-10(16-14(13)17)9-19-12-5-3-11(18)4-6-12/h1-8,18H,9,15H2. The van der Waals surface area contributed by atoms with Crippen molar-refractivity contribution in [3.8, 4) is 11.5 Å². The van der Waals surface area contributed by atoms with E-state index in [9.17, 15) is 5.11 Å². The molecule has 0 bridgehead atoms. The van der Waals surface area contributed by atoms with Crippen LogP contribution in [0, 0.1) is 0 Å². The van der Waals surface area contributed by atoms with Crippen molar-refractivity contribution in [1.29, 1.82) is 0 Å². The van der Waals surface area contributed by atoms with E-state index in [-0.39, 0.29) is 5.75 Å². The van der Waals surface area contributed by atoms with Crippen LogP contribution in [0.2, 0.25) is 0 Å². The van der Waals surface area contributed by atoms with Crippen molar-refractivity contribution in [2.45, 2.75) is 6.61 Å². The number of anilines is 1. The first kappa shape index (κ1) is 11.4. The number of rotatable bonds is 3. The average molecular weight is 255 g/mol. The minimum Gasteiger partial charge on any atom is -0.508 e. The fourth-order valence-corrected chi connectivity index (χ4v) is 1.85. The van der Waals surface area contributed by atoms with E-state index in [1.165, 1.54) is 0 Å². The van der Waals surface area contributed by atoms with Gasteiger partial charge in [-0.15, -0.1) is 0 Å². The third-order valence-corrected chi connectivity index (χ3v) is 2.79. The smallest absolute Gasteiger partial charge is 0.160 e. The largest absolute Gasteiger partial charge is 0.508 e. The number of nitrogen functional groups attached to an aromatic ring is 1. The highest BCUT2D eigenvalue weighted by molar-refractivity contribution is 5.64. The normalized spacial score (nSPS) is 10.7. The van der Waals surface area contributed by atoms with Crippen LogP contribution in [0.5, 0.6) is 11.5 Å². The Labute approximate surface area is 109 Å². The van der Waals surface area contributed by atoms with Crippen LogP contribution >= 0.6 is 0 Å². The summed E-state index contributed by atoms with van der Waals surface area (Å²) < 4.78 is 7.45. The molecule has 3 rings (SSSR count). The second-order valence-electron chi connectivity index (χ2n) is 4.21. The second kappa shape index (κ2) is 4.53. The molecule has 1 aromatic carbocycles. The Morgan fingerprint density at radius 1 is 1.21 bits per heavy atom. The van der Waals surface area contributed by atoms with E-state index >= 15 is 0 Å². The monoisotopic (exact) mass is 255 g/mol. The van der Waals surface area contributed by atoms with E-state index < -0.39 is 0 Å². The zero-order chi connectivity index (χ0) is 13.2. The van der Waals surface area contributed by atoms with Gasteiger partial charge in [-0.05, 0) is 36.4 Å². The maximum atomic E-state index is 9.18. The van der Waals surface area contributed by atoms with Crippen molar-refractivity contribution in [2.24, 2.45) is 0 Å².